The van der Waals surface area contributed by atoms with Crippen LogP contribution < -0.4 is 5.32 Å². The third-order valence-electron chi connectivity index (χ3n) is 3.22. The number of nitrogens with zero attached hydrogens (tertiary/aromatic N) is 1. The van der Waals surface area contributed by atoms with E-state index < -0.39 is 0 Å². The van der Waals surface area contributed by atoms with E-state index in [1.54, 1.807) is 7.11 Å². The van der Waals surface area contributed by atoms with Gasteiger partial charge in [0, 0.05) is 13.7 Å². The second-order valence-corrected chi connectivity index (χ2v) is 4.25. The van der Waals surface area contributed by atoms with Gasteiger partial charge >= 0.3 is 0 Å². The van der Waals surface area contributed by atoms with Crippen molar-refractivity contribution >= 4 is 5.91 Å². The van der Waals surface area contributed by atoms with Crippen LogP contribution in [0.15, 0.2) is 0 Å². The smallest absolute Gasteiger partial charge is 0.243 e. The SMILES string of the molecule is CCC1NC(C)(CC)C(=O)N1CCOC. The number of carbonyl (C=O) groups is 1. The summed E-state index contributed by atoms with van der Waals surface area (Å²) in [4.78, 5) is 14.0. The first-order valence-corrected chi connectivity index (χ1v) is 5.66. The number of amides is 1. The Labute approximate surface area is 92.0 Å². The minimum Gasteiger partial charge on any atom is -0.383 e. The Morgan fingerprint density at radius 3 is 2.67 bits per heavy atom. The van der Waals surface area contributed by atoms with E-state index in [0.29, 0.717) is 13.2 Å². The number of rotatable bonds is 5. The Morgan fingerprint density at radius 2 is 2.20 bits per heavy atom. The van der Waals surface area contributed by atoms with E-state index in [2.05, 4.69) is 12.2 Å². The zero-order valence-electron chi connectivity index (χ0n) is 10.2. The van der Waals surface area contributed by atoms with E-state index in [9.17, 15) is 4.79 Å². The summed E-state index contributed by atoms with van der Waals surface area (Å²) < 4.78 is 5.03. The summed E-state index contributed by atoms with van der Waals surface area (Å²) in [5, 5.41) is 3.40. The largest absolute Gasteiger partial charge is 0.383 e. The fourth-order valence-corrected chi connectivity index (χ4v) is 1.99. The Bertz CT molecular complexity index is 233. The van der Waals surface area contributed by atoms with E-state index in [4.69, 9.17) is 4.74 Å². The van der Waals surface area contributed by atoms with Gasteiger partial charge in [-0.3, -0.25) is 10.1 Å². The Morgan fingerprint density at radius 1 is 1.53 bits per heavy atom. The molecule has 1 heterocycles. The zero-order chi connectivity index (χ0) is 11.5. The molecule has 0 saturated carbocycles. The van der Waals surface area contributed by atoms with Crippen molar-refractivity contribution in [1.82, 2.24) is 10.2 Å². The summed E-state index contributed by atoms with van der Waals surface area (Å²) in [6, 6.07) is 0. The molecule has 0 aromatic carbocycles. The molecule has 1 fully saturated rings. The maximum Gasteiger partial charge on any atom is 0.243 e. The van der Waals surface area contributed by atoms with Gasteiger partial charge < -0.3 is 9.64 Å². The molecule has 1 aliphatic rings. The molecular weight excluding hydrogens is 192 g/mol. The van der Waals surface area contributed by atoms with E-state index in [1.807, 2.05) is 18.7 Å². The van der Waals surface area contributed by atoms with Crippen LogP contribution in [-0.4, -0.2) is 42.8 Å². The predicted molar refractivity (Wildman–Crippen MR) is 59.5 cm³/mol. The van der Waals surface area contributed by atoms with Crippen LogP contribution in [0.2, 0.25) is 0 Å². The predicted octanol–water partition coefficient (Wildman–Crippen LogP) is 0.969. The zero-order valence-corrected chi connectivity index (χ0v) is 10.2. The second kappa shape index (κ2) is 4.94. The summed E-state index contributed by atoms with van der Waals surface area (Å²) >= 11 is 0. The van der Waals surface area contributed by atoms with Gasteiger partial charge in [0.05, 0.1) is 18.3 Å². The van der Waals surface area contributed by atoms with Gasteiger partial charge in [-0.2, -0.15) is 0 Å². The van der Waals surface area contributed by atoms with Gasteiger partial charge in [0.2, 0.25) is 5.91 Å². The summed E-state index contributed by atoms with van der Waals surface area (Å²) in [7, 11) is 1.66. The first-order chi connectivity index (χ1) is 7.09. The van der Waals surface area contributed by atoms with Gasteiger partial charge in [-0.05, 0) is 19.8 Å². The van der Waals surface area contributed by atoms with E-state index in [1.165, 1.54) is 0 Å². The van der Waals surface area contributed by atoms with Crippen molar-refractivity contribution in [3.8, 4) is 0 Å². The van der Waals surface area contributed by atoms with Gasteiger partial charge in [0.15, 0.2) is 0 Å². The molecule has 0 spiro atoms. The van der Waals surface area contributed by atoms with Crippen LogP contribution >= 0.6 is 0 Å². The van der Waals surface area contributed by atoms with Gasteiger partial charge in [-0.15, -0.1) is 0 Å². The minimum atomic E-state index is -0.381. The number of hydrogen-bond donors (Lipinski definition) is 1. The van der Waals surface area contributed by atoms with Gasteiger partial charge in [0.25, 0.3) is 0 Å². The quantitative estimate of drug-likeness (QED) is 0.741. The Balaban J connectivity index is 2.72. The fourth-order valence-electron chi connectivity index (χ4n) is 1.99. The molecule has 2 atom stereocenters. The van der Waals surface area contributed by atoms with Crippen molar-refractivity contribution in [3.05, 3.63) is 0 Å². The van der Waals surface area contributed by atoms with Crippen LogP contribution in [-0.2, 0) is 9.53 Å². The lowest BCUT2D eigenvalue weighted by Gasteiger charge is -2.22. The summed E-state index contributed by atoms with van der Waals surface area (Å²) in [5.74, 6) is 0.203. The lowest BCUT2D eigenvalue weighted by atomic mass is 9.99. The number of hydrogen-bond acceptors (Lipinski definition) is 3. The standard InChI is InChI=1S/C11H22N2O2/c1-5-9-12-11(3,6-2)10(14)13(9)7-8-15-4/h9,12H,5-8H2,1-4H3. The maximum absolute atomic E-state index is 12.1. The molecule has 1 saturated heterocycles. The Hall–Kier alpha value is -0.610. The first-order valence-electron chi connectivity index (χ1n) is 5.66. The van der Waals surface area contributed by atoms with Crippen molar-refractivity contribution in [2.24, 2.45) is 0 Å². The molecule has 1 N–H and O–H groups in total. The van der Waals surface area contributed by atoms with Crippen molar-refractivity contribution in [2.45, 2.75) is 45.3 Å². The first kappa shape index (κ1) is 12.5. The monoisotopic (exact) mass is 214 g/mol. The molecular formula is C11H22N2O2. The molecule has 1 rings (SSSR count). The molecule has 0 aliphatic carbocycles. The van der Waals surface area contributed by atoms with E-state index in [0.717, 1.165) is 12.8 Å². The molecule has 1 aliphatic heterocycles. The Kier molecular flexibility index (Phi) is 4.11. The number of ether oxygens (including phenoxy) is 1. The highest BCUT2D eigenvalue weighted by Crippen LogP contribution is 2.24. The lowest BCUT2D eigenvalue weighted by Crippen LogP contribution is -2.43. The second-order valence-electron chi connectivity index (χ2n) is 4.25. The average molecular weight is 214 g/mol. The summed E-state index contributed by atoms with van der Waals surface area (Å²) in [6.07, 6.45) is 1.93. The third-order valence-corrected chi connectivity index (χ3v) is 3.22. The highest BCUT2D eigenvalue weighted by Gasteiger charge is 2.45. The molecule has 0 aromatic rings. The normalized spacial score (nSPS) is 31.3. The van der Waals surface area contributed by atoms with Gasteiger partial charge in [-0.25, -0.2) is 0 Å². The van der Waals surface area contributed by atoms with E-state index in [-0.39, 0.29) is 17.6 Å². The number of nitrogens with one attached hydrogen (secondary N) is 1. The van der Waals surface area contributed by atoms with Crippen LogP contribution in [0.5, 0.6) is 0 Å². The number of carbonyl (C=O) groups excluding carboxylic acids is 1. The molecule has 4 heteroatoms. The molecule has 0 bridgehead atoms. The highest BCUT2D eigenvalue weighted by molar-refractivity contribution is 5.88. The van der Waals surface area contributed by atoms with Gasteiger partial charge in [-0.1, -0.05) is 13.8 Å². The molecule has 0 aromatic heterocycles. The topological polar surface area (TPSA) is 41.6 Å². The van der Waals surface area contributed by atoms with Gasteiger partial charge in [0.1, 0.15) is 0 Å². The highest BCUT2D eigenvalue weighted by atomic mass is 16.5. The molecule has 1 amide bonds. The van der Waals surface area contributed by atoms with Crippen LogP contribution in [0, 0.1) is 0 Å². The molecule has 4 nitrogen and oxygen atoms in total. The van der Waals surface area contributed by atoms with Crippen LogP contribution in [0.25, 0.3) is 0 Å². The third kappa shape index (κ3) is 2.32. The van der Waals surface area contributed by atoms with Crippen molar-refractivity contribution < 1.29 is 9.53 Å². The van der Waals surface area contributed by atoms with Crippen molar-refractivity contribution in [1.29, 1.82) is 0 Å². The summed E-state index contributed by atoms with van der Waals surface area (Å²) in [6.45, 7) is 7.38. The van der Waals surface area contributed by atoms with Crippen molar-refractivity contribution in [2.75, 3.05) is 20.3 Å². The number of methoxy groups -OCH3 is 1. The molecule has 88 valence electrons. The maximum atomic E-state index is 12.1. The van der Waals surface area contributed by atoms with Crippen LogP contribution in [0.1, 0.15) is 33.6 Å². The van der Waals surface area contributed by atoms with Crippen LogP contribution in [0.4, 0.5) is 0 Å². The molecule has 15 heavy (non-hydrogen) atoms. The average Bonchev–Trinajstić information content (AvgIpc) is 2.50. The van der Waals surface area contributed by atoms with E-state index >= 15 is 0 Å². The fraction of sp³-hybridized carbons (Fsp3) is 0.909. The summed E-state index contributed by atoms with van der Waals surface area (Å²) in [5.41, 5.74) is -0.381. The lowest BCUT2D eigenvalue weighted by molar-refractivity contribution is -0.133. The van der Waals surface area contributed by atoms with Crippen LogP contribution in [0.3, 0.4) is 0 Å². The minimum absolute atomic E-state index is 0.164. The molecule has 0 radical (unpaired) electrons. The molecule has 2 unspecified atom stereocenters. The van der Waals surface area contributed by atoms with Crippen molar-refractivity contribution in [3.63, 3.8) is 0 Å².